The molecule has 9 heteroatoms. The Balaban J connectivity index is 0.619. The summed E-state index contributed by atoms with van der Waals surface area (Å²) in [6.07, 6.45) is 0. The first kappa shape index (κ1) is 67.2. The van der Waals surface area contributed by atoms with Crippen LogP contribution in [0, 0.1) is 0 Å². The average Bonchev–Trinajstić information content (AvgIpc) is 0.759. The number of ether oxygens (including phenoxy) is 3. The van der Waals surface area contributed by atoms with Gasteiger partial charge in [0.1, 0.15) is 17.2 Å². The summed E-state index contributed by atoms with van der Waals surface area (Å²) in [7, 11) is 0. The van der Waals surface area contributed by atoms with E-state index in [1.165, 1.54) is 0 Å². The van der Waals surface area contributed by atoms with Crippen LogP contribution in [-0.2, 0) is 5.41 Å². The first-order valence-electron chi connectivity index (χ1n) is 36.7. The summed E-state index contributed by atoms with van der Waals surface area (Å²) in [4.78, 5) is 49.1. The number of nitrogens with zero attached hydrogens (tertiary/aromatic N) is 3. The van der Waals surface area contributed by atoms with Crippen molar-refractivity contribution in [1.29, 1.82) is 0 Å². The fourth-order valence-corrected chi connectivity index (χ4v) is 15.0. The fraction of sp³-hybridized carbons (Fsp3) is 0.0198. The molecular formula is C101H69N3O6. The predicted molar refractivity (Wildman–Crippen MR) is 448 cm³/mol. The van der Waals surface area contributed by atoms with Gasteiger partial charge in [0, 0.05) is 56.6 Å². The molecule has 0 aliphatic heterocycles. The average molecular weight is 1420 g/mol. The van der Waals surface area contributed by atoms with E-state index in [0.29, 0.717) is 33.9 Å². The van der Waals surface area contributed by atoms with Gasteiger partial charge in [-0.15, -0.1) is 0 Å². The van der Waals surface area contributed by atoms with E-state index in [2.05, 4.69) is 204 Å². The lowest BCUT2D eigenvalue weighted by Gasteiger charge is -2.32. The van der Waals surface area contributed by atoms with E-state index >= 15 is 0 Å². The van der Waals surface area contributed by atoms with Crippen LogP contribution in [0.4, 0.5) is 51.2 Å². The minimum atomic E-state index is -0.874. The summed E-state index contributed by atoms with van der Waals surface area (Å²) in [5, 5.41) is 13.6. The molecule has 0 aliphatic carbocycles. The normalized spacial score (nSPS) is 11.4. The second-order valence-electron chi connectivity index (χ2n) is 27.7. The zero-order chi connectivity index (χ0) is 74.1. The van der Waals surface area contributed by atoms with Crippen LogP contribution in [0.3, 0.4) is 0 Å². The highest BCUT2D eigenvalue weighted by atomic mass is 16.5. The molecule has 0 spiro atoms. The van der Waals surface area contributed by atoms with Crippen LogP contribution < -0.4 is 28.9 Å². The standard InChI is InChI=1S/C101H69N3O6/c1-101(83-38-56-95(57-39-83)108-98(105)74-32-44-86(45-33-74)102(89-50-26-68-14-2-8-20-77(68)62-89)90-51-27-69-15-3-9-21-78(69)63-90,84-40-58-96(59-41-84)109-99(106)75-34-46-87(47-35-75)103(91-52-28-70-16-4-10-22-79(70)64-91)92-53-29-71-17-5-11-23-80(71)65-92)85-42-60-97(61-43-85)110-100(107)76-36-48-88(49-37-76)104(93-54-30-72-18-6-12-24-81(72)66-93)94-55-31-73-19-7-13-25-82(73)67-94/h2-67H,1H3. The molecule has 0 saturated heterocycles. The molecule has 0 N–H and O–H groups in total. The van der Waals surface area contributed by atoms with Crippen LogP contribution in [0.2, 0.25) is 0 Å². The molecule has 0 aromatic heterocycles. The van der Waals surface area contributed by atoms with E-state index in [9.17, 15) is 14.4 Å². The highest BCUT2D eigenvalue weighted by Gasteiger charge is 2.32. The summed E-state index contributed by atoms with van der Waals surface area (Å²) in [5.74, 6) is -0.458. The Bertz CT molecular complexity index is 5660. The summed E-state index contributed by atoms with van der Waals surface area (Å²) >= 11 is 0. The van der Waals surface area contributed by atoms with E-state index < -0.39 is 23.3 Å². The summed E-state index contributed by atoms with van der Waals surface area (Å²) in [5.41, 5.74) is 11.4. The van der Waals surface area contributed by atoms with Gasteiger partial charge in [0.25, 0.3) is 0 Å². The number of carbonyl (C=O) groups excluding carboxylic acids is 3. The van der Waals surface area contributed by atoms with Crippen LogP contribution in [0.1, 0.15) is 54.7 Å². The number of hydrogen-bond acceptors (Lipinski definition) is 9. The van der Waals surface area contributed by atoms with Crippen LogP contribution >= 0.6 is 0 Å². The smallest absolute Gasteiger partial charge is 0.343 e. The molecule has 0 aliphatic rings. The van der Waals surface area contributed by atoms with E-state index in [-0.39, 0.29) is 0 Å². The van der Waals surface area contributed by atoms with Gasteiger partial charge in [-0.2, -0.15) is 0 Å². The van der Waals surface area contributed by atoms with Crippen molar-refractivity contribution in [3.05, 3.63) is 434 Å². The maximum atomic E-state index is 14.2. The van der Waals surface area contributed by atoms with Gasteiger partial charge in [-0.05, 0) is 270 Å². The van der Waals surface area contributed by atoms with E-state index in [0.717, 1.165) is 133 Å². The third-order valence-electron chi connectivity index (χ3n) is 21.0. The topological polar surface area (TPSA) is 88.6 Å². The first-order valence-corrected chi connectivity index (χ1v) is 36.7. The van der Waals surface area contributed by atoms with E-state index in [1.54, 1.807) is 72.8 Å². The fourth-order valence-electron chi connectivity index (χ4n) is 15.0. The van der Waals surface area contributed by atoms with Crippen LogP contribution in [0.15, 0.2) is 400 Å². The van der Waals surface area contributed by atoms with Gasteiger partial charge >= 0.3 is 17.9 Å². The van der Waals surface area contributed by atoms with Crippen molar-refractivity contribution in [2.45, 2.75) is 12.3 Å². The van der Waals surface area contributed by atoms with Gasteiger partial charge in [-0.1, -0.05) is 218 Å². The van der Waals surface area contributed by atoms with E-state index in [1.807, 2.05) is 146 Å². The van der Waals surface area contributed by atoms with Crippen LogP contribution in [0.5, 0.6) is 17.2 Å². The minimum Gasteiger partial charge on any atom is -0.423 e. The first-order chi connectivity index (χ1) is 54.0. The SMILES string of the molecule is CC(c1ccc(OC(=O)c2ccc(N(c3ccc4ccccc4c3)c3ccc4ccccc4c3)cc2)cc1)(c1ccc(OC(=O)c2ccc(N(c3ccc4ccccc4c3)c3ccc4ccccc4c3)cc2)cc1)c1ccc(OC(=O)c2ccc(N(c3ccc4ccccc4c3)c3ccc4ccccc4c3)cc2)cc1. The third-order valence-corrected chi connectivity index (χ3v) is 21.0. The van der Waals surface area contributed by atoms with Gasteiger partial charge in [0.2, 0.25) is 0 Å². The molecule has 0 amide bonds. The molecule has 0 saturated carbocycles. The summed E-state index contributed by atoms with van der Waals surface area (Å²) in [6, 6.07) is 134. The number of carbonyl (C=O) groups is 3. The highest BCUT2D eigenvalue weighted by Crippen LogP contribution is 2.45. The molecule has 0 heterocycles. The molecule has 0 fully saturated rings. The molecule has 18 aromatic rings. The zero-order valence-electron chi connectivity index (χ0n) is 59.9. The molecule has 524 valence electrons. The third kappa shape index (κ3) is 13.4. The number of benzene rings is 18. The minimum absolute atomic E-state index is 0.356. The van der Waals surface area contributed by atoms with Crippen molar-refractivity contribution >= 4 is 134 Å². The van der Waals surface area contributed by atoms with Crippen LogP contribution in [-0.4, -0.2) is 17.9 Å². The molecule has 0 atom stereocenters. The Morgan fingerprint density at radius 1 is 0.200 bits per heavy atom. The lowest BCUT2D eigenvalue weighted by atomic mass is 9.71. The summed E-state index contributed by atoms with van der Waals surface area (Å²) < 4.78 is 18.4. The molecular weight excluding hydrogens is 1350 g/mol. The van der Waals surface area contributed by atoms with Crippen LogP contribution in [0.25, 0.3) is 64.6 Å². The molecule has 0 unspecified atom stereocenters. The number of esters is 3. The Hall–Kier alpha value is -14.7. The van der Waals surface area contributed by atoms with Gasteiger partial charge in [0.15, 0.2) is 0 Å². The second kappa shape index (κ2) is 29.0. The van der Waals surface area contributed by atoms with Crippen molar-refractivity contribution in [3.8, 4) is 17.2 Å². The lowest BCUT2D eigenvalue weighted by Crippen LogP contribution is -2.25. The van der Waals surface area contributed by atoms with Crippen molar-refractivity contribution in [3.63, 3.8) is 0 Å². The molecule has 110 heavy (non-hydrogen) atoms. The van der Waals surface area contributed by atoms with E-state index in [4.69, 9.17) is 14.2 Å². The number of rotatable bonds is 18. The number of hydrogen-bond donors (Lipinski definition) is 0. The maximum absolute atomic E-state index is 14.2. The van der Waals surface area contributed by atoms with Gasteiger partial charge in [0.05, 0.1) is 16.7 Å². The Morgan fingerprint density at radius 3 is 0.564 bits per heavy atom. The Labute approximate surface area is 636 Å². The monoisotopic (exact) mass is 1420 g/mol. The number of anilines is 9. The van der Waals surface area contributed by atoms with Crippen molar-refractivity contribution in [2.24, 2.45) is 0 Å². The highest BCUT2D eigenvalue weighted by molar-refractivity contribution is 5.99. The van der Waals surface area contributed by atoms with Gasteiger partial charge in [-0.3, -0.25) is 0 Å². The van der Waals surface area contributed by atoms with Crippen molar-refractivity contribution < 1.29 is 28.6 Å². The van der Waals surface area contributed by atoms with Crippen molar-refractivity contribution in [2.75, 3.05) is 14.7 Å². The molecule has 18 rings (SSSR count). The summed E-state index contributed by atoms with van der Waals surface area (Å²) in [6.45, 7) is 2.11. The molecule has 0 radical (unpaired) electrons. The Kier molecular flexibility index (Phi) is 17.7. The molecule has 9 nitrogen and oxygen atoms in total. The second-order valence-corrected chi connectivity index (χ2v) is 27.7. The lowest BCUT2D eigenvalue weighted by molar-refractivity contribution is 0.0725. The van der Waals surface area contributed by atoms with Gasteiger partial charge < -0.3 is 28.9 Å². The van der Waals surface area contributed by atoms with Gasteiger partial charge in [-0.25, -0.2) is 14.4 Å². The largest absolute Gasteiger partial charge is 0.423 e. The number of fused-ring (bicyclic) bond motifs is 6. The predicted octanol–water partition coefficient (Wildman–Crippen LogP) is 26.0. The maximum Gasteiger partial charge on any atom is 0.343 e. The Morgan fingerprint density at radius 2 is 0.373 bits per heavy atom. The molecule has 0 bridgehead atoms. The quantitative estimate of drug-likeness (QED) is 0.0473. The van der Waals surface area contributed by atoms with Crippen molar-refractivity contribution in [1.82, 2.24) is 0 Å². The molecule has 18 aromatic carbocycles. The zero-order valence-corrected chi connectivity index (χ0v) is 59.9.